The average molecular weight is 282 g/mol. The van der Waals surface area contributed by atoms with E-state index in [1.54, 1.807) is 11.9 Å². The number of nitrogens with zero attached hydrogens (tertiary/aromatic N) is 2. The Hall–Kier alpha value is -1.49. The summed E-state index contributed by atoms with van der Waals surface area (Å²) < 4.78 is 28.0. The van der Waals surface area contributed by atoms with Crippen LogP contribution >= 0.6 is 0 Å². The summed E-state index contributed by atoms with van der Waals surface area (Å²) in [5.41, 5.74) is -0.0106. The molecule has 0 aromatic heterocycles. The highest BCUT2D eigenvalue weighted by molar-refractivity contribution is 5.76. The number of likely N-dealkylation sites (tertiary alicyclic amines) is 1. The van der Waals surface area contributed by atoms with Crippen LogP contribution in [0.3, 0.4) is 0 Å². The second-order valence-electron chi connectivity index (χ2n) is 5.23. The molecule has 1 aliphatic heterocycles. The van der Waals surface area contributed by atoms with Crippen molar-refractivity contribution in [3.8, 4) is 0 Å². The number of rotatable bonds is 4. The fourth-order valence-corrected chi connectivity index (χ4v) is 2.80. The van der Waals surface area contributed by atoms with Crippen LogP contribution in [0.5, 0.6) is 0 Å². The lowest BCUT2D eigenvalue weighted by Gasteiger charge is -2.37. The Morgan fingerprint density at radius 3 is 2.30 bits per heavy atom. The predicted octanol–water partition coefficient (Wildman–Crippen LogP) is 2.70. The van der Waals surface area contributed by atoms with E-state index in [4.69, 9.17) is 0 Å². The van der Waals surface area contributed by atoms with Gasteiger partial charge in [0.05, 0.1) is 0 Å². The van der Waals surface area contributed by atoms with Crippen molar-refractivity contribution in [2.24, 2.45) is 0 Å². The number of carbonyl (C=O) groups excluding carboxylic acids is 1. The van der Waals surface area contributed by atoms with E-state index in [0.717, 1.165) is 44.6 Å². The minimum absolute atomic E-state index is 0.0259. The zero-order chi connectivity index (χ0) is 14.7. The van der Waals surface area contributed by atoms with Gasteiger partial charge in [0.2, 0.25) is 0 Å². The zero-order valence-electron chi connectivity index (χ0n) is 11.9. The van der Waals surface area contributed by atoms with E-state index in [1.807, 2.05) is 0 Å². The van der Waals surface area contributed by atoms with Gasteiger partial charge in [0.25, 0.3) is 0 Å². The minimum Gasteiger partial charge on any atom is -0.367 e. The Bertz CT molecular complexity index is 462. The van der Waals surface area contributed by atoms with Gasteiger partial charge in [0.15, 0.2) is 0 Å². The van der Waals surface area contributed by atoms with Crippen molar-refractivity contribution in [3.63, 3.8) is 0 Å². The van der Waals surface area contributed by atoms with Gasteiger partial charge in [0.1, 0.15) is 23.6 Å². The number of hydrogen-bond donors (Lipinski definition) is 0. The Balaban J connectivity index is 2.17. The van der Waals surface area contributed by atoms with Crippen molar-refractivity contribution in [2.45, 2.75) is 25.8 Å². The normalized spacial score (nSPS) is 17.2. The zero-order valence-corrected chi connectivity index (χ0v) is 11.9. The monoisotopic (exact) mass is 282 g/mol. The quantitative estimate of drug-likeness (QED) is 0.793. The molecule has 3 nitrogen and oxygen atoms in total. The minimum atomic E-state index is -0.674. The van der Waals surface area contributed by atoms with E-state index in [1.165, 1.54) is 0 Å². The molecular weight excluding hydrogens is 262 g/mol. The first-order chi connectivity index (χ1) is 9.56. The molecule has 1 fully saturated rings. The average Bonchev–Trinajstić information content (AvgIpc) is 2.46. The van der Waals surface area contributed by atoms with Crippen molar-refractivity contribution >= 4 is 12.0 Å². The molecule has 0 radical (unpaired) electrons. The van der Waals surface area contributed by atoms with E-state index < -0.39 is 11.6 Å². The number of benzene rings is 1. The maximum Gasteiger partial charge on any atom is 0.150 e. The van der Waals surface area contributed by atoms with E-state index in [-0.39, 0.29) is 17.3 Å². The number of piperidine rings is 1. The fraction of sp³-hybridized carbons (Fsp3) is 0.533. The highest BCUT2D eigenvalue weighted by Gasteiger charge is 2.25. The van der Waals surface area contributed by atoms with Gasteiger partial charge in [-0.25, -0.2) is 8.78 Å². The van der Waals surface area contributed by atoms with Gasteiger partial charge >= 0.3 is 0 Å². The maximum absolute atomic E-state index is 14.0. The van der Waals surface area contributed by atoms with Crippen LogP contribution in [0.2, 0.25) is 0 Å². The SMILES string of the molecule is CCN1CCC(N(C)c2c(F)cc(C=O)cc2F)CC1. The molecule has 2 rings (SSSR count). The van der Waals surface area contributed by atoms with Crippen LogP contribution in [0.1, 0.15) is 30.1 Å². The second-order valence-corrected chi connectivity index (χ2v) is 5.23. The van der Waals surface area contributed by atoms with Crippen LogP contribution in [-0.4, -0.2) is 43.9 Å². The van der Waals surface area contributed by atoms with Crippen LogP contribution < -0.4 is 4.90 Å². The van der Waals surface area contributed by atoms with Crippen molar-refractivity contribution in [2.75, 3.05) is 31.6 Å². The lowest BCUT2D eigenvalue weighted by molar-refractivity contribution is 0.112. The summed E-state index contributed by atoms with van der Waals surface area (Å²) in [6, 6.07) is 2.30. The molecule has 110 valence electrons. The van der Waals surface area contributed by atoms with Crippen LogP contribution in [0, 0.1) is 11.6 Å². The first kappa shape index (κ1) is 14.9. The van der Waals surface area contributed by atoms with Crippen molar-refractivity contribution in [1.82, 2.24) is 4.90 Å². The van der Waals surface area contributed by atoms with Crippen molar-refractivity contribution in [1.29, 1.82) is 0 Å². The molecule has 1 aromatic rings. The molecule has 0 saturated carbocycles. The molecule has 0 atom stereocenters. The fourth-order valence-electron chi connectivity index (χ4n) is 2.80. The summed E-state index contributed by atoms with van der Waals surface area (Å²) in [6.07, 6.45) is 2.23. The Labute approximate surface area is 118 Å². The third-order valence-electron chi connectivity index (χ3n) is 4.08. The molecule has 5 heteroatoms. The molecule has 0 unspecified atom stereocenters. The van der Waals surface area contributed by atoms with Gasteiger partial charge in [-0.15, -0.1) is 0 Å². The van der Waals surface area contributed by atoms with Crippen molar-refractivity contribution in [3.05, 3.63) is 29.3 Å². The van der Waals surface area contributed by atoms with Crippen LogP contribution in [0.25, 0.3) is 0 Å². The topological polar surface area (TPSA) is 23.6 Å². The van der Waals surface area contributed by atoms with Gasteiger partial charge in [-0.2, -0.15) is 0 Å². The third kappa shape index (κ3) is 2.98. The molecule has 0 N–H and O–H groups in total. The van der Waals surface area contributed by atoms with Crippen LogP contribution in [0.4, 0.5) is 14.5 Å². The second kappa shape index (κ2) is 6.31. The van der Waals surface area contributed by atoms with E-state index >= 15 is 0 Å². The van der Waals surface area contributed by atoms with Crippen LogP contribution in [0.15, 0.2) is 12.1 Å². The highest BCUT2D eigenvalue weighted by atomic mass is 19.1. The van der Waals surface area contributed by atoms with E-state index in [2.05, 4.69) is 11.8 Å². The van der Waals surface area contributed by atoms with E-state index in [0.29, 0.717) is 6.29 Å². The van der Waals surface area contributed by atoms with E-state index in [9.17, 15) is 13.6 Å². The Kier molecular flexibility index (Phi) is 4.70. The number of carbonyl (C=O) groups is 1. The van der Waals surface area contributed by atoms with Gasteiger partial charge in [-0.3, -0.25) is 4.79 Å². The van der Waals surface area contributed by atoms with Gasteiger partial charge in [-0.05, 0) is 31.5 Å². The van der Waals surface area contributed by atoms with Gasteiger partial charge in [0, 0.05) is 31.7 Å². The number of hydrogen-bond acceptors (Lipinski definition) is 3. The van der Waals surface area contributed by atoms with Crippen LogP contribution in [-0.2, 0) is 0 Å². The number of halogens is 2. The molecule has 20 heavy (non-hydrogen) atoms. The lowest BCUT2D eigenvalue weighted by atomic mass is 10.0. The molecular formula is C15H20F2N2O. The smallest absolute Gasteiger partial charge is 0.150 e. The Morgan fingerprint density at radius 1 is 1.30 bits per heavy atom. The van der Waals surface area contributed by atoms with Gasteiger partial charge < -0.3 is 9.80 Å². The predicted molar refractivity (Wildman–Crippen MR) is 75.3 cm³/mol. The largest absolute Gasteiger partial charge is 0.367 e. The molecule has 1 saturated heterocycles. The summed E-state index contributed by atoms with van der Waals surface area (Å²) in [6.45, 7) is 5.01. The molecule has 1 aromatic carbocycles. The summed E-state index contributed by atoms with van der Waals surface area (Å²) >= 11 is 0. The summed E-state index contributed by atoms with van der Waals surface area (Å²) in [5, 5.41) is 0. The summed E-state index contributed by atoms with van der Waals surface area (Å²) in [5.74, 6) is -1.35. The molecule has 0 bridgehead atoms. The third-order valence-corrected chi connectivity index (χ3v) is 4.08. The van der Waals surface area contributed by atoms with Crippen molar-refractivity contribution < 1.29 is 13.6 Å². The number of anilines is 1. The molecule has 0 amide bonds. The molecule has 1 heterocycles. The first-order valence-corrected chi connectivity index (χ1v) is 6.96. The molecule has 0 spiro atoms. The highest BCUT2D eigenvalue weighted by Crippen LogP contribution is 2.28. The maximum atomic E-state index is 14.0. The first-order valence-electron chi connectivity index (χ1n) is 6.96. The standard InChI is InChI=1S/C15H20F2N2O/c1-3-19-6-4-12(5-7-19)18(2)15-13(16)8-11(10-20)9-14(15)17/h8-10,12H,3-7H2,1-2H3. The molecule has 0 aliphatic carbocycles. The summed E-state index contributed by atoms with van der Waals surface area (Å²) in [4.78, 5) is 14.6. The van der Waals surface area contributed by atoms with Gasteiger partial charge in [-0.1, -0.05) is 6.92 Å². The summed E-state index contributed by atoms with van der Waals surface area (Å²) in [7, 11) is 1.72. The molecule has 1 aliphatic rings. The lowest BCUT2D eigenvalue weighted by Crippen LogP contribution is -2.43. The Morgan fingerprint density at radius 2 is 1.85 bits per heavy atom. The number of aldehydes is 1.